The van der Waals surface area contributed by atoms with Crippen molar-refractivity contribution in [3.8, 4) is 0 Å². The molecule has 0 bridgehead atoms. The molecule has 0 radical (unpaired) electrons. The summed E-state index contributed by atoms with van der Waals surface area (Å²) in [5.41, 5.74) is 0.0540. The van der Waals surface area contributed by atoms with Crippen molar-refractivity contribution in [1.29, 1.82) is 0 Å². The highest BCUT2D eigenvalue weighted by molar-refractivity contribution is 7.91. The fraction of sp³-hybridized carbons (Fsp3) is 0.308. The SMILES string of the molecule is C/C=C/CS(=O)(=O)CCC(=O)Nc1ccccc1F. The molecule has 1 N–H and O–H groups in total. The number of para-hydroxylation sites is 1. The van der Waals surface area contributed by atoms with Gasteiger partial charge in [-0.05, 0) is 19.1 Å². The Balaban J connectivity index is 2.51. The monoisotopic (exact) mass is 285 g/mol. The van der Waals surface area contributed by atoms with Crippen LogP contribution >= 0.6 is 0 Å². The minimum atomic E-state index is -3.28. The highest BCUT2D eigenvalue weighted by atomic mass is 32.2. The Morgan fingerprint density at radius 3 is 2.68 bits per heavy atom. The van der Waals surface area contributed by atoms with Crippen LogP contribution in [0.15, 0.2) is 36.4 Å². The van der Waals surface area contributed by atoms with E-state index in [9.17, 15) is 17.6 Å². The predicted molar refractivity (Wildman–Crippen MR) is 73.1 cm³/mol. The van der Waals surface area contributed by atoms with Crippen molar-refractivity contribution in [3.63, 3.8) is 0 Å². The number of amides is 1. The third kappa shape index (κ3) is 5.65. The normalized spacial score (nSPS) is 11.7. The van der Waals surface area contributed by atoms with E-state index in [1.165, 1.54) is 24.3 Å². The zero-order valence-electron chi connectivity index (χ0n) is 10.6. The Morgan fingerprint density at radius 1 is 1.37 bits per heavy atom. The van der Waals surface area contributed by atoms with Crippen LogP contribution in [0.1, 0.15) is 13.3 Å². The number of rotatable bonds is 6. The molecule has 104 valence electrons. The number of anilines is 1. The van der Waals surface area contributed by atoms with Crippen molar-refractivity contribution in [3.05, 3.63) is 42.2 Å². The van der Waals surface area contributed by atoms with Gasteiger partial charge in [-0.15, -0.1) is 0 Å². The summed E-state index contributed by atoms with van der Waals surface area (Å²) in [5.74, 6) is -1.41. The molecule has 0 saturated carbocycles. The predicted octanol–water partition coefficient (Wildman–Crippen LogP) is 2.15. The average Bonchev–Trinajstić information content (AvgIpc) is 2.37. The lowest BCUT2D eigenvalue weighted by atomic mass is 10.3. The van der Waals surface area contributed by atoms with E-state index in [1.54, 1.807) is 19.1 Å². The number of hydrogen-bond acceptors (Lipinski definition) is 3. The largest absolute Gasteiger partial charge is 0.324 e. The van der Waals surface area contributed by atoms with E-state index in [2.05, 4.69) is 5.32 Å². The van der Waals surface area contributed by atoms with Gasteiger partial charge in [-0.2, -0.15) is 0 Å². The van der Waals surface area contributed by atoms with Gasteiger partial charge in [0.05, 0.1) is 17.2 Å². The number of benzene rings is 1. The molecule has 0 spiro atoms. The number of halogens is 1. The molecule has 1 rings (SSSR count). The van der Waals surface area contributed by atoms with Crippen LogP contribution in [-0.4, -0.2) is 25.8 Å². The van der Waals surface area contributed by atoms with E-state index >= 15 is 0 Å². The highest BCUT2D eigenvalue weighted by Crippen LogP contribution is 2.12. The zero-order chi connectivity index (χ0) is 14.3. The first-order valence-corrected chi connectivity index (χ1v) is 7.62. The fourth-order valence-electron chi connectivity index (χ4n) is 1.35. The van der Waals surface area contributed by atoms with Gasteiger partial charge in [0, 0.05) is 6.42 Å². The third-order valence-electron chi connectivity index (χ3n) is 2.37. The van der Waals surface area contributed by atoms with Gasteiger partial charge in [0.1, 0.15) is 5.82 Å². The second-order valence-electron chi connectivity index (χ2n) is 3.96. The van der Waals surface area contributed by atoms with Gasteiger partial charge in [0.2, 0.25) is 5.91 Å². The number of allylic oxidation sites excluding steroid dienone is 1. The van der Waals surface area contributed by atoms with Crippen LogP contribution in [0.25, 0.3) is 0 Å². The Kier molecular flexibility index (Phi) is 5.69. The van der Waals surface area contributed by atoms with Gasteiger partial charge >= 0.3 is 0 Å². The molecule has 19 heavy (non-hydrogen) atoms. The summed E-state index contributed by atoms with van der Waals surface area (Å²) in [5, 5.41) is 2.34. The molecule has 0 unspecified atom stereocenters. The molecule has 1 aromatic carbocycles. The van der Waals surface area contributed by atoms with Gasteiger partial charge in [-0.25, -0.2) is 12.8 Å². The van der Waals surface area contributed by atoms with E-state index in [0.717, 1.165) is 0 Å². The quantitative estimate of drug-likeness (QED) is 0.815. The molecule has 1 aromatic rings. The molecule has 1 amide bonds. The van der Waals surface area contributed by atoms with Crippen molar-refractivity contribution in [2.24, 2.45) is 0 Å². The minimum absolute atomic E-state index is 0.0540. The molecule has 0 aliphatic rings. The first kappa shape index (κ1) is 15.4. The van der Waals surface area contributed by atoms with Crippen molar-refractivity contribution in [2.75, 3.05) is 16.8 Å². The van der Waals surface area contributed by atoms with Gasteiger partial charge in [-0.3, -0.25) is 4.79 Å². The number of carbonyl (C=O) groups is 1. The van der Waals surface area contributed by atoms with Gasteiger partial charge in [-0.1, -0.05) is 24.3 Å². The summed E-state index contributed by atoms with van der Waals surface area (Å²) in [7, 11) is -3.28. The molecular formula is C13H16FNO3S. The van der Waals surface area contributed by atoms with Gasteiger partial charge in [0.25, 0.3) is 0 Å². The molecule has 0 aliphatic carbocycles. The summed E-state index contributed by atoms with van der Waals surface area (Å²) in [6, 6.07) is 5.73. The maximum atomic E-state index is 13.2. The van der Waals surface area contributed by atoms with Crippen LogP contribution < -0.4 is 5.32 Å². The van der Waals surface area contributed by atoms with Crippen molar-refractivity contribution in [1.82, 2.24) is 0 Å². The third-order valence-corrected chi connectivity index (χ3v) is 3.90. The molecule has 0 atom stereocenters. The van der Waals surface area contributed by atoms with Crippen LogP contribution in [0.2, 0.25) is 0 Å². The number of hydrogen-bond donors (Lipinski definition) is 1. The van der Waals surface area contributed by atoms with E-state index in [4.69, 9.17) is 0 Å². The summed E-state index contributed by atoms with van der Waals surface area (Å²) < 4.78 is 36.3. The second-order valence-corrected chi connectivity index (χ2v) is 6.19. The molecule has 0 saturated heterocycles. The Labute approximate surface area is 112 Å². The van der Waals surface area contributed by atoms with Crippen LogP contribution in [0, 0.1) is 5.82 Å². The molecule has 0 aliphatic heterocycles. The number of carbonyl (C=O) groups excluding carboxylic acids is 1. The van der Waals surface area contributed by atoms with Crippen molar-refractivity contribution >= 4 is 21.4 Å². The molecule has 0 aromatic heterocycles. The molecular weight excluding hydrogens is 269 g/mol. The maximum Gasteiger partial charge on any atom is 0.225 e. The van der Waals surface area contributed by atoms with Gasteiger partial charge in [0.15, 0.2) is 9.84 Å². The summed E-state index contributed by atoms with van der Waals surface area (Å²) in [4.78, 5) is 11.5. The highest BCUT2D eigenvalue weighted by Gasteiger charge is 2.13. The Morgan fingerprint density at radius 2 is 2.05 bits per heavy atom. The summed E-state index contributed by atoms with van der Waals surface area (Å²) in [6.45, 7) is 1.72. The Hall–Kier alpha value is -1.69. The lowest BCUT2D eigenvalue weighted by Gasteiger charge is -2.06. The topological polar surface area (TPSA) is 63.2 Å². The van der Waals surface area contributed by atoms with Crippen LogP contribution in [0.5, 0.6) is 0 Å². The molecule has 0 fully saturated rings. The smallest absolute Gasteiger partial charge is 0.225 e. The van der Waals surface area contributed by atoms with Crippen LogP contribution in [0.4, 0.5) is 10.1 Å². The molecule has 0 heterocycles. The zero-order valence-corrected chi connectivity index (χ0v) is 11.4. The summed E-state index contributed by atoms with van der Waals surface area (Å²) in [6.07, 6.45) is 2.97. The second kappa shape index (κ2) is 7.04. The van der Waals surface area contributed by atoms with Crippen LogP contribution in [-0.2, 0) is 14.6 Å². The number of nitrogens with one attached hydrogen (secondary N) is 1. The molecule has 4 nitrogen and oxygen atoms in total. The summed E-state index contributed by atoms with van der Waals surface area (Å²) >= 11 is 0. The van der Waals surface area contributed by atoms with Crippen molar-refractivity contribution < 1.29 is 17.6 Å². The first-order valence-electron chi connectivity index (χ1n) is 5.80. The average molecular weight is 285 g/mol. The maximum absolute atomic E-state index is 13.2. The van der Waals surface area contributed by atoms with E-state index in [-0.39, 0.29) is 23.6 Å². The standard InChI is InChI=1S/C13H16FNO3S/c1-2-3-9-19(17,18)10-8-13(16)15-12-7-5-4-6-11(12)14/h2-7H,8-10H2,1H3,(H,15,16)/b3-2+. The fourth-order valence-corrected chi connectivity index (χ4v) is 2.50. The van der Waals surface area contributed by atoms with E-state index in [0.29, 0.717) is 0 Å². The number of sulfone groups is 1. The Bertz CT molecular complexity index is 567. The van der Waals surface area contributed by atoms with Crippen molar-refractivity contribution in [2.45, 2.75) is 13.3 Å². The van der Waals surface area contributed by atoms with E-state index < -0.39 is 21.6 Å². The lowest BCUT2D eigenvalue weighted by Crippen LogP contribution is -2.19. The lowest BCUT2D eigenvalue weighted by molar-refractivity contribution is -0.115. The minimum Gasteiger partial charge on any atom is -0.324 e. The first-order chi connectivity index (χ1) is 8.94. The molecule has 6 heteroatoms. The van der Waals surface area contributed by atoms with Crippen LogP contribution in [0.3, 0.4) is 0 Å². The van der Waals surface area contributed by atoms with E-state index in [1.807, 2.05) is 0 Å². The van der Waals surface area contributed by atoms with Gasteiger partial charge < -0.3 is 5.32 Å².